The minimum Gasteiger partial charge on any atom is -0.396 e. The molecule has 0 aliphatic carbocycles. The monoisotopic (exact) mass is 653 g/mol. The van der Waals surface area contributed by atoms with Gasteiger partial charge in [0.1, 0.15) is 0 Å². The van der Waals surface area contributed by atoms with Gasteiger partial charge in [-0.25, -0.2) is 0 Å². The standard InChI is InChI=1S/C36H40FN5O4Si/c1-24-34(47(2,3)37)32(18-20-40-23-27(19-21-43)38-39-40)46-36(24)29-9-5-7-11-31(29)41(35(36)45)22-25-12-15-28(16-13-25)42-30-10-6-4-8-26(30)14-17-33(42)44/h4-13,15-16,23-24,32,34,43H,14,17-22H2,1-3H3/t24-,32+,34-,36+/m0/s1. The normalized spacial score (nSPS) is 23.9. The highest BCUT2D eigenvalue weighted by Gasteiger charge is 2.66. The van der Waals surface area contributed by atoms with E-state index in [0.29, 0.717) is 38.0 Å². The maximum Gasteiger partial charge on any atom is 0.264 e. The molecule has 1 saturated heterocycles. The highest BCUT2D eigenvalue weighted by Crippen LogP contribution is 2.60. The number of rotatable bonds is 9. The summed E-state index contributed by atoms with van der Waals surface area (Å²) < 4.78 is 24.7. The fourth-order valence-corrected chi connectivity index (χ4v) is 10.6. The number of aryl methyl sites for hydroxylation is 2. The smallest absolute Gasteiger partial charge is 0.264 e. The quantitative estimate of drug-likeness (QED) is 0.180. The van der Waals surface area contributed by atoms with Gasteiger partial charge in [0.15, 0.2) is 5.60 Å². The van der Waals surface area contributed by atoms with Gasteiger partial charge in [0, 0.05) is 54.9 Å². The number of nitrogens with zero attached hydrogens (tertiary/aromatic N) is 5. The molecule has 3 aliphatic heterocycles. The van der Waals surface area contributed by atoms with Crippen molar-refractivity contribution in [1.82, 2.24) is 15.0 Å². The number of ether oxygens (including phenoxy) is 1. The van der Waals surface area contributed by atoms with Crippen molar-refractivity contribution >= 4 is 37.3 Å². The number of aliphatic hydroxyl groups is 1. The lowest BCUT2D eigenvalue weighted by molar-refractivity contribution is -0.146. The lowest BCUT2D eigenvalue weighted by Gasteiger charge is -2.31. The SMILES string of the molecule is C[C@H]1[C@H]([Si](C)(C)F)[C@@H](CCn2cc(CCO)nn2)O[C@]12C(=O)N(Cc1ccc(N3C(=O)CCc4ccccc43)cc1)c1ccccc12. The van der Waals surface area contributed by atoms with E-state index >= 15 is 4.11 Å². The van der Waals surface area contributed by atoms with Crippen LogP contribution in [0.5, 0.6) is 0 Å². The molecule has 244 valence electrons. The molecule has 0 radical (unpaired) electrons. The maximum atomic E-state index is 16.2. The molecule has 0 saturated carbocycles. The van der Waals surface area contributed by atoms with Crippen LogP contribution in [-0.2, 0) is 45.9 Å². The molecule has 3 aromatic carbocycles. The van der Waals surface area contributed by atoms with Crippen LogP contribution in [0, 0.1) is 5.92 Å². The van der Waals surface area contributed by atoms with Gasteiger partial charge in [0.05, 0.1) is 29.7 Å². The number of carbonyl (C=O) groups is 2. The first kappa shape index (κ1) is 31.4. The Bertz CT molecular complexity index is 1810. The first-order valence-electron chi connectivity index (χ1n) is 16.4. The Kier molecular flexibility index (Phi) is 8.10. The highest BCUT2D eigenvalue weighted by atomic mass is 28.4. The molecular weight excluding hydrogens is 614 g/mol. The number of fused-ring (bicyclic) bond motifs is 3. The van der Waals surface area contributed by atoms with Crippen molar-refractivity contribution in [2.45, 2.75) is 76.0 Å². The molecule has 4 aromatic rings. The summed E-state index contributed by atoms with van der Waals surface area (Å²) in [5, 5.41) is 17.5. The van der Waals surface area contributed by atoms with Gasteiger partial charge in [-0.3, -0.25) is 19.2 Å². The van der Waals surface area contributed by atoms with E-state index in [2.05, 4.69) is 16.4 Å². The van der Waals surface area contributed by atoms with Gasteiger partial charge in [-0.2, -0.15) is 0 Å². The summed E-state index contributed by atoms with van der Waals surface area (Å²) in [4.78, 5) is 31.2. The molecule has 4 heterocycles. The predicted octanol–water partition coefficient (Wildman–Crippen LogP) is 5.84. The number of hydrogen-bond donors (Lipinski definition) is 1. The van der Waals surface area contributed by atoms with Crippen LogP contribution in [0.25, 0.3) is 0 Å². The summed E-state index contributed by atoms with van der Waals surface area (Å²) in [6, 6.07) is 23.5. The van der Waals surface area contributed by atoms with Gasteiger partial charge in [0.25, 0.3) is 5.91 Å². The van der Waals surface area contributed by atoms with Gasteiger partial charge >= 0.3 is 0 Å². The van der Waals surface area contributed by atoms with Gasteiger partial charge < -0.3 is 18.9 Å². The van der Waals surface area contributed by atoms with Crippen LogP contribution in [0.4, 0.5) is 21.2 Å². The number of anilines is 3. The van der Waals surface area contributed by atoms with Crippen molar-refractivity contribution < 1.29 is 23.5 Å². The summed E-state index contributed by atoms with van der Waals surface area (Å²) in [7, 11) is -3.30. The lowest BCUT2D eigenvalue weighted by Crippen LogP contribution is -2.45. The molecule has 2 amide bonds. The number of para-hydroxylation sites is 2. The second-order valence-electron chi connectivity index (χ2n) is 13.4. The van der Waals surface area contributed by atoms with Crippen LogP contribution in [0.15, 0.2) is 79.0 Å². The zero-order chi connectivity index (χ0) is 32.9. The van der Waals surface area contributed by atoms with Crippen LogP contribution < -0.4 is 9.80 Å². The Balaban J connectivity index is 1.16. The molecule has 0 bridgehead atoms. The fourth-order valence-electron chi connectivity index (χ4n) is 8.01. The van der Waals surface area contributed by atoms with E-state index in [9.17, 15) is 14.7 Å². The van der Waals surface area contributed by atoms with Crippen molar-refractivity contribution in [2.24, 2.45) is 5.92 Å². The van der Waals surface area contributed by atoms with Crippen LogP contribution in [0.2, 0.25) is 18.6 Å². The molecule has 9 nitrogen and oxygen atoms in total. The van der Waals surface area contributed by atoms with Crippen molar-refractivity contribution in [3.63, 3.8) is 0 Å². The third kappa shape index (κ3) is 5.40. The van der Waals surface area contributed by atoms with Crippen LogP contribution in [0.3, 0.4) is 0 Å². The van der Waals surface area contributed by atoms with Gasteiger partial charge in [-0.05, 0) is 61.3 Å². The summed E-state index contributed by atoms with van der Waals surface area (Å²) in [5.41, 5.74) is 4.30. The second kappa shape index (κ2) is 12.1. The Labute approximate surface area is 275 Å². The van der Waals surface area contributed by atoms with Gasteiger partial charge in [-0.15, -0.1) is 5.10 Å². The number of benzene rings is 3. The zero-order valence-corrected chi connectivity index (χ0v) is 28.0. The highest BCUT2D eigenvalue weighted by molar-refractivity contribution is 6.72. The first-order chi connectivity index (χ1) is 22.6. The molecule has 7 rings (SSSR count). The van der Waals surface area contributed by atoms with Crippen LogP contribution in [-0.4, -0.2) is 53.0 Å². The van der Waals surface area contributed by atoms with Crippen molar-refractivity contribution in [2.75, 3.05) is 16.4 Å². The molecule has 1 fully saturated rings. The molecule has 3 aliphatic rings. The Morgan fingerprint density at radius 2 is 1.72 bits per heavy atom. The average Bonchev–Trinajstić information content (AvgIpc) is 3.70. The Morgan fingerprint density at radius 1 is 1.00 bits per heavy atom. The number of halogens is 1. The van der Waals surface area contributed by atoms with Crippen molar-refractivity contribution in [1.29, 1.82) is 0 Å². The van der Waals surface area contributed by atoms with E-state index < -0.39 is 25.7 Å². The minimum absolute atomic E-state index is 0.0109. The molecular formula is C36H40FN5O4Si. The largest absolute Gasteiger partial charge is 0.396 e. The van der Waals surface area contributed by atoms with Gasteiger partial charge in [0.2, 0.25) is 14.3 Å². The average molecular weight is 654 g/mol. The van der Waals surface area contributed by atoms with E-state index in [1.807, 2.05) is 73.7 Å². The lowest BCUT2D eigenvalue weighted by atomic mass is 9.82. The summed E-state index contributed by atoms with van der Waals surface area (Å²) in [5.74, 6) is -0.495. The minimum atomic E-state index is -3.30. The van der Waals surface area contributed by atoms with Crippen LogP contribution >= 0.6 is 0 Å². The molecule has 4 atom stereocenters. The number of aliphatic hydroxyl groups excluding tert-OH is 1. The zero-order valence-electron chi connectivity index (χ0n) is 27.0. The topological polar surface area (TPSA) is 101 Å². The third-order valence-corrected chi connectivity index (χ3v) is 12.5. The predicted molar refractivity (Wildman–Crippen MR) is 179 cm³/mol. The van der Waals surface area contributed by atoms with Gasteiger partial charge in [-0.1, -0.05) is 60.7 Å². The third-order valence-electron chi connectivity index (χ3n) is 10.1. The first-order valence-corrected chi connectivity index (χ1v) is 19.3. The molecule has 0 unspecified atom stereocenters. The van der Waals surface area contributed by atoms with Crippen LogP contribution in [0.1, 0.15) is 42.1 Å². The van der Waals surface area contributed by atoms with Crippen molar-refractivity contribution in [3.8, 4) is 0 Å². The van der Waals surface area contributed by atoms with Crippen molar-refractivity contribution in [3.05, 3.63) is 101 Å². The fraction of sp³-hybridized carbons (Fsp3) is 0.389. The Hall–Kier alpha value is -4.19. The molecule has 1 spiro atoms. The van der Waals surface area contributed by atoms with E-state index in [1.165, 1.54) is 0 Å². The summed E-state index contributed by atoms with van der Waals surface area (Å²) in [6.45, 7) is 6.14. The number of aromatic nitrogens is 3. The molecule has 1 aromatic heterocycles. The molecule has 11 heteroatoms. The summed E-state index contributed by atoms with van der Waals surface area (Å²) in [6.07, 6.45) is 3.40. The van der Waals surface area contributed by atoms with E-state index in [4.69, 9.17) is 4.74 Å². The van der Waals surface area contributed by atoms with E-state index in [-0.39, 0.29) is 24.3 Å². The maximum absolute atomic E-state index is 16.2. The second-order valence-corrected chi connectivity index (χ2v) is 17.2. The Morgan fingerprint density at radius 3 is 2.47 bits per heavy atom. The number of amides is 2. The van der Waals surface area contributed by atoms with E-state index in [1.54, 1.807) is 33.8 Å². The summed E-state index contributed by atoms with van der Waals surface area (Å²) >= 11 is 0. The molecule has 47 heavy (non-hydrogen) atoms. The number of carbonyl (C=O) groups excluding carboxylic acids is 2. The van der Waals surface area contributed by atoms with E-state index in [0.717, 1.165) is 40.2 Å². The number of hydrogen-bond acceptors (Lipinski definition) is 6. The molecule has 1 N–H and O–H groups in total.